The van der Waals surface area contributed by atoms with Crippen LogP contribution in [0.3, 0.4) is 0 Å². The highest BCUT2D eigenvalue weighted by Crippen LogP contribution is 2.10. The van der Waals surface area contributed by atoms with Crippen LogP contribution in [0, 0.1) is 0 Å². The van der Waals surface area contributed by atoms with Crippen LogP contribution in [0.4, 0.5) is 0 Å². The number of aryl methyl sites for hydroxylation is 1. The average Bonchev–Trinajstić information content (AvgIpc) is 3.05. The molecule has 0 saturated heterocycles. The highest BCUT2D eigenvalue weighted by molar-refractivity contribution is 5.80. The van der Waals surface area contributed by atoms with Crippen LogP contribution in [0.5, 0.6) is 0 Å². The lowest BCUT2D eigenvalue weighted by molar-refractivity contribution is -0.121. The second kappa shape index (κ2) is 7.38. The first-order valence-corrected chi connectivity index (χ1v) is 8.54. The van der Waals surface area contributed by atoms with Crippen molar-refractivity contribution in [2.24, 2.45) is 0 Å². The molecule has 0 aromatic carbocycles. The van der Waals surface area contributed by atoms with Crippen molar-refractivity contribution in [3.05, 3.63) is 63.2 Å². The van der Waals surface area contributed by atoms with Gasteiger partial charge in [-0.2, -0.15) is 0 Å². The molecule has 1 N–H and O–H groups in total. The lowest BCUT2D eigenvalue weighted by Gasteiger charge is -2.13. The van der Waals surface area contributed by atoms with E-state index in [1.807, 2.05) is 13.0 Å². The smallest absolute Gasteiger partial charge is 0.332 e. The first-order valence-electron chi connectivity index (χ1n) is 8.54. The van der Waals surface area contributed by atoms with Gasteiger partial charge in [-0.3, -0.25) is 23.7 Å². The largest absolute Gasteiger partial charge is 0.350 e. The predicted molar refractivity (Wildman–Crippen MR) is 97.9 cm³/mol. The van der Waals surface area contributed by atoms with Crippen molar-refractivity contribution in [3.8, 4) is 0 Å². The van der Waals surface area contributed by atoms with E-state index >= 15 is 0 Å². The monoisotopic (exact) mass is 355 g/mol. The van der Waals surface area contributed by atoms with Crippen LogP contribution >= 0.6 is 0 Å². The third-order valence-electron chi connectivity index (χ3n) is 4.29. The maximum atomic E-state index is 12.5. The highest BCUT2D eigenvalue weighted by Gasteiger charge is 2.16. The van der Waals surface area contributed by atoms with Gasteiger partial charge in [0, 0.05) is 38.2 Å². The van der Waals surface area contributed by atoms with Crippen LogP contribution in [0.2, 0.25) is 0 Å². The molecular formula is C18H21N5O3. The van der Waals surface area contributed by atoms with Gasteiger partial charge in [-0.15, -0.1) is 0 Å². The molecule has 3 heterocycles. The average molecular weight is 355 g/mol. The summed E-state index contributed by atoms with van der Waals surface area (Å²) in [4.78, 5) is 41.3. The van der Waals surface area contributed by atoms with Gasteiger partial charge in [0.15, 0.2) is 0 Å². The number of fused-ring (bicyclic) bond motifs is 1. The van der Waals surface area contributed by atoms with E-state index in [2.05, 4.69) is 10.3 Å². The van der Waals surface area contributed by atoms with Crippen molar-refractivity contribution in [2.45, 2.75) is 40.0 Å². The Hall–Kier alpha value is -3.16. The lowest BCUT2D eigenvalue weighted by Crippen LogP contribution is -2.40. The van der Waals surface area contributed by atoms with E-state index in [-0.39, 0.29) is 23.7 Å². The Kier molecular flexibility index (Phi) is 5.01. The fourth-order valence-electron chi connectivity index (χ4n) is 3.01. The molecule has 3 aromatic heterocycles. The summed E-state index contributed by atoms with van der Waals surface area (Å²) in [6.07, 6.45) is 5.03. The lowest BCUT2D eigenvalue weighted by atomic mass is 10.3. The van der Waals surface area contributed by atoms with Crippen LogP contribution in [-0.4, -0.2) is 24.6 Å². The molecule has 26 heavy (non-hydrogen) atoms. The van der Waals surface area contributed by atoms with Crippen molar-refractivity contribution in [3.63, 3.8) is 0 Å². The molecule has 0 aliphatic heterocycles. The summed E-state index contributed by atoms with van der Waals surface area (Å²) < 4.78 is 4.37. The highest BCUT2D eigenvalue weighted by atomic mass is 16.2. The summed E-state index contributed by atoms with van der Waals surface area (Å²) in [5.74, 6) is -0.207. The Balaban J connectivity index is 1.90. The van der Waals surface area contributed by atoms with Gasteiger partial charge in [0.25, 0.3) is 5.56 Å². The molecule has 0 aliphatic carbocycles. The van der Waals surface area contributed by atoms with E-state index in [9.17, 15) is 14.4 Å². The van der Waals surface area contributed by atoms with Gasteiger partial charge in [0.1, 0.15) is 12.2 Å². The van der Waals surface area contributed by atoms with E-state index in [1.54, 1.807) is 42.2 Å². The van der Waals surface area contributed by atoms with Gasteiger partial charge < -0.3 is 9.88 Å². The summed E-state index contributed by atoms with van der Waals surface area (Å²) >= 11 is 0. The molecule has 0 spiro atoms. The molecule has 1 amide bonds. The predicted octanol–water partition coefficient (Wildman–Crippen LogP) is 0.716. The number of amides is 1. The topological polar surface area (TPSA) is 90.9 Å². The molecule has 8 heteroatoms. The van der Waals surface area contributed by atoms with Crippen molar-refractivity contribution in [1.29, 1.82) is 0 Å². The molecule has 0 bridgehead atoms. The van der Waals surface area contributed by atoms with E-state index in [0.717, 1.165) is 5.56 Å². The van der Waals surface area contributed by atoms with Crippen molar-refractivity contribution in [1.82, 2.24) is 24.0 Å². The quantitative estimate of drug-likeness (QED) is 0.705. The minimum absolute atomic E-state index is 0.0266. The number of carbonyl (C=O) groups excluding carboxylic acids is 1. The molecular weight excluding hydrogens is 334 g/mol. The molecule has 136 valence electrons. The van der Waals surface area contributed by atoms with Crippen LogP contribution < -0.4 is 16.6 Å². The normalized spacial score (nSPS) is 11.0. The van der Waals surface area contributed by atoms with E-state index in [0.29, 0.717) is 30.7 Å². The summed E-state index contributed by atoms with van der Waals surface area (Å²) in [7, 11) is 0. The maximum Gasteiger partial charge on any atom is 0.332 e. The zero-order chi connectivity index (χ0) is 18.7. The summed E-state index contributed by atoms with van der Waals surface area (Å²) in [5.41, 5.74) is 0.688. The third-order valence-corrected chi connectivity index (χ3v) is 4.29. The molecule has 0 aliphatic rings. The molecule has 0 saturated carbocycles. The first-order chi connectivity index (χ1) is 12.6. The Morgan fingerprint density at radius 2 is 1.92 bits per heavy atom. The van der Waals surface area contributed by atoms with Crippen molar-refractivity contribution >= 4 is 16.9 Å². The Morgan fingerprint density at radius 3 is 2.58 bits per heavy atom. The maximum absolute atomic E-state index is 12.5. The fraction of sp³-hybridized carbons (Fsp3) is 0.333. The molecule has 8 nitrogen and oxygen atoms in total. The minimum Gasteiger partial charge on any atom is -0.350 e. The SMILES string of the molecule is CCn1c(=O)c2ccn(CC(=O)NCc3cccnc3)c2n(CC)c1=O. The molecule has 0 atom stereocenters. The van der Waals surface area contributed by atoms with E-state index in [1.165, 1.54) is 9.13 Å². The number of hydrogen-bond acceptors (Lipinski definition) is 4. The molecule has 3 rings (SSSR count). The third kappa shape index (κ3) is 3.17. The minimum atomic E-state index is -0.358. The Bertz CT molecular complexity index is 1050. The van der Waals surface area contributed by atoms with Crippen LogP contribution in [0.25, 0.3) is 11.0 Å². The zero-order valence-corrected chi connectivity index (χ0v) is 14.8. The van der Waals surface area contributed by atoms with Gasteiger partial charge in [-0.05, 0) is 31.5 Å². The Labute approximate surface area is 149 Å². The number of rotatable bonds is 6. The molecule has 0 radical (unpaired) electrons. The molecule has 0 unspecified atom stereocenters. The molecule has 3 aromatic rings. The van der Waals surface area contributed by atoms with Crippen LogP contribution in [-0.2, 0) is 31.0 Å². The number of aromatic nitrogens is 4. The standard InChI is InChI=1S/C18H21N5O3/c1-3-22-16-14(17(25)23(4-2)18(22)26)7-9-21(16)12-15(24)20-11-13-6-5-8-19-10-13/h5-10H,3-4,11-12H2,1-2H3,(H,20,24). The van der Waals surface area contributed by atoms with Gasteiger partial charge in [-0.1, -0.05) is 6.07 Å². The fourth-order valence-corrected chi connectivity index (χ4v) is 3.01. The molecule has 0 fully saturated rings. The summed E-state index contributed by atoms with van der Waals surface area (Å²) in [6, 6.07) is 5.34. The number of nitrogens with one attached hydrogen (secondary N) is 1. The second-order valence-electron chi connectivity index (χ2n) is 5.90. The van der Waals surface area contributed by atoms with Gasteiger partial charge in [0.2, 0.25) is 5.91 Å². The zero-order valence-electron chi connectivity index (χ0n) is 14.8. The summed E-state index contributed by atoms with van der Waals surface area (Å²) in [6.45, 7) is 4.72. The number of hydrogen-bond donors (Lipinski definition) is 1. The summed E-state index contributed by atoms with van der Waals surface area (Å²) in [5, 5.41) is 3.26. The first kappa shape index (κ1) is 17.7. The van der Waals surface area contributed by atoms with Crippen LogP contribution in [0.1, 0.15) is 19.4 Å². The van der Waals surface area contributed by atoms with Crippen molar-refractivity contribution in [2.75, 3.05) is 0 Å². The van der Waals surface area contributed by atoms with Gasteiger partial charge >= 0.3 is 5.69 Å². The number of carbonyl (C=O) groups is 1. The van der Waals surface area contributed by atoms with E-state index < -0.39 is 0 Å². The van der Waals surface area contributed by atoms with Gasteiger partial charge in [-0.25, -0.2) is 4.79 Å². The van der Waals surface area contributed by atoms with E-state index in [4.69, 9.17) is 0 Å². The Morgan fingerprint density at radius 1 is 1.15 bits per heavy atom. The second-order valence-corrected chi connectivity index (χ2v) is 5.90. The van der Waals surface area contributed by atoms with Crippen molar-refractivity contribution < 1.29 is 4.79 Å². The number of pyridine rings is 1. The van der Waals surface area contributed by atoms with Gasteiger partial charge in [0.05, 0.1) is 5.39 Å². The van der Waals surface area contributed by atoms with Crippen LogP contribution in [0.15, 0.2) is 46.4 Å². The number of nitrogens with zero attached hydrogens (tertiary/aromatic N) is 4.